The van der Waals surface area contributed by atoms with Gasteiger partial charge in [-0.05, 0) is 0 Å². The second kappa shape index (κ2) is 5.60. The molecule has 1 N–H and O–H groups in total. The fourth-order valence-corrected chi connectivity index (χ4v) is 0. The number of halogens is 2. The van der Waals surface area contributed by atoms with E-state index in [1.165, 1.54) is 0 Å². The van der Waals surface area contributed by atoms with Crippen LogP contribution in [-0.4, -0.2) is 34.2 Å². The predicted octanol–water partition coefficient (Wildman–Crippen LogP) is -0.743. The van der Waals surface area contributed by atoms with Crippen molar-refractivity contribution < 1.29 is 4.16 Å². The second-order valence-electron chi connectivity index (χ2n) is 0.278. The maximum absolute atomic E-state index is 7.73. The van der Waals surface area contributed by atoms with Gasteiger partial charge in [0.25, 0.3) is 0 Å². The molecule has 0 radical (unpaired) electrons. The topological polar surface area (TPSA) is 20.2 Å². The predicted molar refractivity (Wildman–Crippen MR) is 29.6 cm³/mol. The molecule has 0 aliphatic carbocycles. The van der Waals surface area contributed by atoms with Gasteiger partial charge in [0.2, 0.25) is 0 Å². The van der Waals surface area contributed by atoms with Crippen molar-refractivity contribution in [3.63, 3.8) is 0 Å². The van der Waals surface area contributed by atoms with Gasteiger partial charge in [0.1, 0.15) is 0 Å². The third-order valence-corrected chi connectivity index (χ3v) is 0. The molecule has 1 nitrogen and oxygen atoms in total. The minimum absolute atomic E-state index is 0. The maximum Gasteiger partial charge on any atom is 0.723 e. The average molecular weight is 145 g/mol. The molecule has 0 unspecified atom stereocenters. The highest BCUT2D eigenvalue weighted by molar-refractivity contribution is 7.30. The SMILES string of the molecule is [AlH3].[OH][Al]([Cl])[Cl]. The molecule has 0 heterocycles. The molecule has 0 saturated carbocycles. The van der Waals surface area contributed by atoms with Crippen LogP contribution in [0.3, 0.4) is 0 Å². The first-order valence-electron chi connectivity index (χ1n) is 0.695. The molecule has 0 saturated heterocycles. The monoisotopic (exact) mass is 144 g/mol. The van der Waals surface area contributed by atoms with Gasteiger partial charge in [-0.2, -0.15) is 20.1 Å². The maximum atomic E-state index is 7.73. The summed E-state index contributed by atoms with van der Waals surface area (Å²) in [7, 11) is 9.47. The van der Waals surface area contributed by atoms with Gasteiger partial charge in [-0.1, -0.05) is 0 Å². The summed E-state index contributed by atoms with van der Waals surface area (Å²) < 4.78 is 7.73. The highest BCUT2D eigenvalue weighted by Crippen LogP contribution is 1.84. The number of hydrogen-bond donors (Lipinski definition) is 1. The zero-order valence-corrected chi connectivity index (χ0v) is 4.45. The summed E-state index contributed by atoms with van der Waals surface area (Å²) in [6.07, 6.45) is 0. The van der Waals surface area contributed by atoms with Gasteiger partial charge in [-0.15, -0.1) is 0 Å². The molecule has 0 bridgehead atoms. The van der Waals surface area contributed by atoms with Gasteiger partial charge in [0.15, 0.2) is 17.4 Å². The quantitative estimate of drug-likeness (QED) is 0.445. The Balaban J connectivity index is 0. The molecule has 0 aliphatic rings. The molecule has 0 spiro atoms. The summed E-state index contributed by atoms with van der Waals surface area (Å²) in [6, 6.07) is 0. The van der Waals surface area contributed by atoms with E-state index in [4.69, 9.17) is 24.3 Å². The Labute approximate surface area is 54.1 Å². The summed E-state index contributed by atoms with van der Waals surface area (Å²) in [5.74, 6) is 0. The minimum Gasteiger partial charge on any atom is -0.492 e. The van der Waals surface area contributed by atoms with E-state index >= 15 is 0 Å². The Hall–Kier alpha value is 1.60. The standard InChI is InChI=1S/2Al.2ClH.H2O.3H/h;;2*1H;1H2;;;/q;+3;;;;;;/p-3. The molecule has 0 amide bonds. The van der Waals surface area contributed by atoms with Crippen molar-refractivity contribution in [3.8, 4) is 0 Å². The lowest BCUT2D eigenvalue weighted by Crippen LogP contribution is -1.83. The average Bonchev–Trinajstić information content (AvgIpc) is 0.811. The molecule has 5 heteroatoms. The van der Waals surface area contributed by atoms with Crippen LogP contribution in [0.2, 0.25) is 0 Å². The van der Waals surface area contributed by atoms with Crippen LogP contribution >= 0.6 is 20.1 Å². The molecular formula is H4Al2Cl2O. The summed E-state index contributed by atoms with van der Waals surface area (Å²) >= 11 is -2.19. The van der Waals surface area contributed by atoms with Gasteiger partial charge in [-0.25, -0.2) is 0 Å². The molecule has 0 aromatic carbocycles. The lowest BCUT2D eigenvalue weighted by Gasteiger charge is -1.60. The van der Waals surface area contributed by atoms with E-state index < -0.39 is 12.6 Å². The van der Waals surface area contributed by atoms with E-state index in [1.54, 1.807) is 0 Å². The molecule has 5 heavy (non-hydrogen) atoms. The van der Waals surface area contributed by atoms with E-state index in [9.17, 15) is 0 Å². The van der Waals surface area contributed by atoms with Crippen molar-refractivity contribution in [1.82, 2.24) is 0 Å². The third kappa shape index (κ3) is 28.3. The molecule has 30 valence electrons. The smallest absolute Gasteiger partial charge is 0.492 e. The van der Waals surface area contributed by atoms with Gasteiger partial charge >= 0.3 is 12.6 Å². The van der Waals surface area contributed by atoms with Crippen LogP contribution in [-0.2, 0) is 0 Å². The van der Waals surface area contributed by atoms with Crippen molar-refractivity contribution in [2.24, 2.45) is 0 Å². The van der Waals surface area contributed by atoms with Gasteiger partial charge in [-0.3, -0.25) is 0 Å². The molecule has 0 rings (SSSR count). The van der Waals surface area contributed by atoms with E-state index in [0.29, 0.717) is 0 Å². The van der Waals surface area contributed by atoms with Crippen LogP contribution in [0.25, 0.3) is 0 Å². The van der Waals surface area contributed by atoms with Crippen molar-refractivity contribution in [1.29, 1.82) is 0 Å². The summed E-state index contributed by atoms with van der Waals surface area (Å²) in [4.78, 5) is 0. The molecule has 0 fully saturated rings. The van der Waals surface area contributed by atoms with Crippen molar-refractivity contribution in [2.45, 2.75) is 0 Å². The van der Waals surface area contributed by atoms with Crippen LogP contribution in [0.4, 0.5) is 0 Å². The van der Waals surface area contributed by atoms with Crippen LogP contribution in [0.15, 0.2) is 0 Å². The summed E-state index contributed by atoms with van der Waals surface area (Å²) in [5, 5.41) is 0. The normalized spacial score (nSPS) is 5.40. The first-order chi connectivity index (χ1) is 1.73. The summed E-state index contributed by atoms with van der Waals surface area (Å²) in [6.45, 7) is 0. The van der Waals surface area contributed by atoms with Crippen LogP contribution in [0, 0.1) is 0 Å². The highest BCUT2D eigenvalue weighted by Gasteiger charge is 2.02. The van der Waals surface area contributed by atoms with E-state index in [1.807, 2.05) is 0 Å². The molecule has 0 aliphatic heterocycles. The highest BCUT2D eigenvalue weighted by atomic mass is 35.7. The van der Waals surface area contributed by atoms with E-state index in [2.05, 4.69) is 0 Å². The van der Waals surface area contributed by atoms with Crippen LogP contribution < -0.4 is 0 Å². The Morgan fingerprint density at radius 2 is 1.40 bits per heavy atom. The fraction of sp³-hybridized carbons (Fsp3) is 0. The van der Waals surface area contributed by atoms with Crippen molar-refractivity contribution in [3.05, 3.63) is 0 Å². The number of hydrogen-bond acceptors (Lipinski definition) is 1. The van der Waals surface area contributed by atoms with Gasteiger partial charge in [0, 0.05) is 0 Å². The summed E-state index contributed by atoms with van der Waals surface area (Å²) in [5.41, 5.74) is 0. The largest absolute Gasteiger partial charge is 0.723 e. The Morgan fingerprint density at radius 1 is 1.40 bits per heavy atom. The minimum atomic E-state index is -2.19. The Kier molecular flexibility index (Phi) is 11.0. The van der Waals surface area contributed by atoms with Gasteiger partial charge < -0.3 is 4.16 Å². The first kappa shape index (κ1) is 9.79. The fourth-order valence-electron chi connectivity index (χ4n) is 0. The second-order valence-corrected chi connectivity index (χ2v) is 3.98. The molecule has 0 aromatic heterocycles. The van der Waals surface area contributed by atoms with Crippen molar-refractivity contribution in [2.75, 3.05) is 0 Å². The van der Waals surface area contributed by atoms with Crippen LogP contribution in [0.1, 0.15) is 0 Å². The molecule has 0 atom stereocenters. The molecular weight excluding hydrogens is 141 g/mol. The lowest BCUT2D eigenvalue weighted by atomic mass is 15.9. The first-order valence-corrected chi connectivity index (χ1v) is 4.70. The number of rotatable bonds is 0. The molecule has 0 aromatic rings. The van der Waals surface area contributed by atoms with Crippen molar-refractivity contribution >= 4 is 50.1 Å². The zero-order valence-electron chi connectivity index (χ0n) is 1.78. The Bertz CT molecular complexity index is 12.4. The van der Waals surface area contributed by atoms with E-state index in [0.717, 1.165) is 0 Å². The van der Waals surface area contributed by atoms with E-state index in [-0.39, 0.29) is 17.4 Å². The lowest BCUT2D eigenvalue weighted by molar-refractivity contribution is 0.614. The zero-order chi connectivity index (χ0) is 3.58. The Morgan fingerprint density at radius 3 is 1.40 bits per heavy atom. The van der Waals surface area contributed by atoms with Crippen LogP contribution in [0.5, 0.6) is 0 Å². The third-order valence-electron chi connectivity index (χ3n) is 0. The van der Waals surface area contributed by atoms with Gasteiger partial charge in [0.05, 0.1) is 0 Å².